The number of benzene rings is 3. The molecule has 3 aromatic rings. The Bertz CT molecular complexity index is 772. The Kier molecular flexibility index (Phi) is 6.42. The molecule has 0 fully saturated rings. The van der Waals surface area contributed by atoms with Crippen LogP contribution in [0.25, 0.3) is 0 Å². The molecule has 134 valence electrons. The minimum atomic E-state index is -0.0724. The predicted octanol–water partition coefficient (Wildman–Crippen LogP) is 4.91. The highest BCUT2D eigenvalue weighted by atomic mass is 16.5. The van der Waals surface area contributed by atoms with Crippen LogP contribution in [0.5, 0.6) is 5.75 Å². The summed E-state index contributed by atoms with van der Waals surface area (Å²) < 4.78 is 11.1. The van der Waals surface area contributed by atoms with E-state index < -0.39 is 0 Å². The molecule has 3 heteroatoms. The molecule has 0 amide bonds. The molecule has 0 spiro atoms. The molecule has 26 heavy (non-hydrogen) atoms. The lowest BCUT2D eigenvalue weighted by Crippen LogP contribution is -2.28. The number of nitrogens with one attached hydrogen (secondary N) is 1. The Morgan fingerprint density at radius 1 is 0.731 bits per heavy atom. The molecule has 0 aliphatic rings. The lowest BCUT2D eigenvalue weighted by molar-refractivity contribution is 0.0668. The lowest BCUT2D eigenvalue weighted by Gasteiger charge is -2.28. The SMILES string of the molecule is COc1ccc(CN[C@H](c2ccccc2)[C@@H](OC)c2ccccc2)cc1. The third-order valence-corrected chi connectivity index (χ3v) is 4.53. The van der Waals surface area contributed by atoms with Crippen molar-refractivity contribution in [2.45, 2.75) is 18.7 Å². The van der Waals surface area contributed by atoms with Gasteiger partial charge in [-0.3, -0.25) is 0 Å². The van der Waals surface area contributed by atoms with Crippen molar-refractivity contribution in [3.8, 4) is 5.75 Å². The van der Waals surface area contributed by atoms with Gasteiger partial charge in [-0.05, 0) is 28.8 Å². The van der Waals surface area contributed by atoms with Gasteiger partial charge in [-0.2, -0.15) is 0 Å². The van der Waals surface area contributed by atoms with Crippen molar-refractivity contribution in [2.24, 2.45) is 0 Å². The largest absolute Gasteiger partial charge is 0.497 e. The van der Waals surface area contributed by atoms with Crippen LogP contribution in [0, 0.1) is 0 Å². The number of methoxy groups -OCH3 is 2. The van der Waals surface area contributed by atoms with Crippen molar-refractivity contribution in [2.75, 3.05) is 14.2 Å². The first-order chi connectivity index (χ1) is 12.8. The zero-order valence-corrected chi connectivity index (χ0v) is 15.3. The van der Waals surface area contributed by atoms with E-state index in [1.165, 1.54) is 11.1 Å². The van der Waals surface area contributed by atoms with E-state index >= 15 is 0 Å². The Morgan fingerprint density at radius 3 is 1.85 bits per heavy atom. The zero-order chi connectivity index (χ0) is 18.2. The van der Waals surface area contributed by atoms with Gasteiger partial charge in [0.05, 0.1) is 13.2 Å². The second kappa shape index (κ2) is 9.18. The van der Waals surface area contributed by atoms with E-state index in [0.29, 0.717) is 0 Å². The van der Waals surface area contributed by atoms with Crippen molar-refractivity contribution in [1.82, 2.24) is 5.32 Å². The van der Waals surface area contributed by atoms with Gasteiger partial charge >= 0.3 is 0 Å². The molecule has 1 N–H and O–H groups in total. The van der Waals surface area contributed by atoms with Gasteiger partial charge in [-0.1, -0.05) is 72.8 Å². The normalized spacial score (nSPS) is 13.2. The molecule has 3 nitrogen and oxygen atoms in total. The third kappa shape index (κ3) is 4.51. The monoisotopic (exact) mass is 347 g/mol. The van der Waals surface area contributed by atoms with Crippen molar-refractivity contribution < 1.29 is 9.47 Å². The molecule has 0 bridgehead atoms. The van der Waals surface area contributed by atoms with Gasteiger partial charge in [0.2, 0.25) is 0 Å². The van der Waals surface area contributed by atoms with E-state index in [4.69, 9.17) is 9.47 Å². The first-order valence-corrected chi connectivity index (χ1v) is 8.81. The smallest absolute Gasteiger partial charge is 0.118 e. The van der Waals surface area contributed by atoms with Crippen LogP contribution in [0.4, 0.5) is 0 Å². The maximum absolute atomic E-state index is 5.90. The zero-order valence-electron chi connectivity index (χ0n) is 15.3. The average Bonchev–Trinajstić information content (AvgIpc) is 2.73. The summed E-state index contributed by atoms with van der Waals surface area (Å²) in [6.07, 6.45) is -0.0724. The van der Waals surface area contributed by atoms with Crippen LogP contribution in [0.3, 0.4) is 0 Å². The molecular weight excluding hydrogens is 322 g/mol. The first kappa shape index (κ1) is 18.2. The van der Waals surface area contributed by atoms with Crippen LogP contribution in [-0.4, -0.2) is 14.2 Å². The molecule has 0 heterocycles. The summed E-state index contributed by atoms with van der Waals surface area (Å²) in [5.41, 5.74) is 3.57. The maximum atomic E-state index is 5.90. The van der Waals surface area contributed by atoms with E-state index in [-0.39, 0.29) is 12.1 Å². The molecule has 0 aliphatic carbocycles. The van der Waals surface area contributed by atoms with E-state index in [1.54, 1.807) is 14.2 Å². The predicted molar refractivity (Wildman–Crippen MR) is 105 cm³/mol. The van der Waals surface area contributed by atoms with Crippen molar-refractivity contribution in [3.05, 3.63) is 102 Å². The molecule has 0 saturated heterocycles. The third-order valence-electron chi connectivity index (χ3n) is 4.53. The Morgan fingerprint density at radius 2 is 1.31 bits per heavy atom. The van der Waals surface area contributed by atoms with Crippen molar-refractivity contribution in [1.29, 1.82) is 0 Å². The van der Waals surface area contributed by atoms with E-state index in [2.05, 4.69) is 53.8 Å². The highest BCUT2D eigenvalue weighted by Gasteiger charge is 2.24. The number of hydrogen-bond acceptors (Lipinski definition) is 3. The highest BCUT2D eigenvalue weighted by molar-refractivity contribution is 5.29. The molecule has 0 saturated carbocycles. The van der Waals surface area contributed by atoms with Gasteiger partial charge in [-0.25, -0.2) is 0 Å². The average molecular weight is 347 g/mol. The molecule has 3 rings (SSSR count). The fourth-order valence-corrected chi connectivity index (χ4v) is 3.14. The van der Waals surface area contributed by atoms with Gasteiger partial charge in [0.25, 0.3) is 0 Å². The van der Waals surface area contributed by atoms with Gasteiger partial charge < -0.3 is 14.8 Å². The summed E-state index contributed by atoms with van der Waals surface area (Å²) in [6, 6.07) is 29.0. The quantitative estimate of drug-likeness (QED) is 0.628. The van der Waals surface area contributed by atoms with Crippen LogP contribution < -0.4 is 10.1 Å². The lowest BCUT2D eigenvalue weighted by atomic mass is 9.95. The molecule has 0 unspecified atom stereocenters. The van der Waals surface area contributed by atoms with E-state index in [9.17, 15) is 0 Å². The second-order valence-corrected chi connectivity index (χ2v) is 6.18. The summed E-state index contributed by atoms with van der Waals surface area (Å²) in [6.45, 7) is 0.746. The van der Waals surface area contributed by atoms with Crippen LogP contribution >= 0.6 is 0 Å². The van der Waals surface area contributed by atoms with Crippen LogP contribution in [0.1, 0.15) is 28.8 Å². The van der Waals surface area contributed by atoms with Crippen LogP contribution in [0.15, 0.2) is 84.9 Å². The van der Waals surface area contributed by atoms with Crippen LogP contribution in [-0.2, 0) is 11.3 Å². The minimum absolute atomic E-state index is 0.0469. The fraction of sp³-hybridized carbons (Fsp3) is 0.217. The standard InChI is InChI=1S/C23H25NO2/c1-25-21-15-13-18(14-16-21)17-24-22(19-9-5-3-6-10-19)23(26-2)20-11-7-4-8-12-20/h3-16,22-24H,17H2,1-2H3/t22-,23+/m1/s1. The summed E-state index contributed by atoms with van der Waals surface area (Å²) >= 11 is 0. The van der Waals surface area contributed by atoms with Gasteiger partial charge in [0.1, 0.15) is 11.9 Å². The van der Waals surface area contributed by atoms with Gasteiger partial charge in [0, 0.05) is 13.7 Å². The Balaban J connectivity index is 1.83. The van der Waals surface area contributed by atoms with Crippen LogP contribution in [0.2, 0.25) is 0 Å². The minimum Gasteiger partial charge on any atom is -0.497 e. The summed E-state index contributed by atoms with van der Waals surface area (Å²) in [4.78, 5) is 0. The van der Waals surface area contributed by atoms with Gasteiger partial charge in [-0.15, -0.1) is 0 Å². The van der Waals surface area contributed by atoms with Crippen molar-refractivity contribution in [3.63, 3.8) is 0 Å². The summed E-state index contributed by atoms with van der Waals surface area (Å²) in [5, 5.41) is 3.67. The maximum Gasteiger partial charge on any atom is 0.118 e. The fourth-order valence-electron chi connectivity index (χ4n) is 3.14. The molecule has 2 atom stereocenters. The summed E-state index contributed by atoms with van der Waals surface area (Å²) in [5.74, 6) is 0.868. The highest BCUT2D eigenvalue weighted by Crippen LogP contribution is 2.32. The topological polar surface area (TPSA) is 30.5 Å². The van der Waals surface area contributed by atoms with Gasteiger partial charge in [0.15, 0.2) is 0 Å². The summed E-state index contributed by atoms with van der Waals surface area (Å²) in [7, 11) is 3.45. The number of hydrogen-bond donors (Lipinski definition) is 1. The molecular formula is C23H25NO2. The molecule has 0 aromatic heterocycles. The number of ether oxygens (including phenoxy) is 2. The first-order valence-electron chi connectivity index (χ1n) is 8.81. The van der Waals surface area contributed by atoms with Crippen molar-refractivity contribution >= 4 is 0 Å². The molecule has 0 radical (unpaired) electrons. The Labute approximate surface area is 155 Å². The second-order valence-electron chi connectivity index (χ2n) is 6.18. The van der Waals surface area contributed by atoms with E-state index in [1.807, 2.05) is 36.4 Å². The van der Waals surface area contributed by atoms with E-state index in [0.717, 1.165) is 17.9 Å². The molecule has 0 aliphatic heterocycles. The Hall–Kier alpha value is -2.62. The number of rotatable bonds is 8. The molecule has 3 aromatic carbocycles.